The van der Waals surface area contributed by atoms with Crippen molar-refractivity contribution in [3.8, 4) is 0 Å². The van der Waals surface area contributed by atoms with Gasteiger partial charge in [0.15, 0.2) is 18.1 Å². The van der Waals surface area contributed by atoms with Crippen molar-refractivity contribution >= 4 is 44.2 Å². The van der Waals surface area contributed by atoms with Crippen LogP contribution < -0.4 is 131 Å². The predicted octanol–water partition coefficient (Wildman–Crippen LogP) is -12.5. The van der Waals surface area contributed by atoms with Crippen LogP contribution in [0, 0.1) is 0 Å². The molecule has 9 atom stereocenters. The topological polar surface area (TPSA) is 353 Å². The quantitative estimate of drug-likeness (QED) is 0.0393. The molecule has 0 bridgehead atoms. The minimum Gasteiger partial charge on any atom is -0.790 e. The van der Waals surface area contributed by atoms with E-state index in [2.05, 4.69) is 19.6 Å². The summed E-state index contributed by atoms with van der Waals surface area (Å²) in [6, 6.07) is 3.84. The fourth-order valence-electron chi connectivity index (χ4n) is 5.92. The summed E-state index contributed by atoms with van der Waals surface area (Å²) < 4.78 is 61.8. The Morgan fingerprint density at radius 2 is 1.62 bits per heavy atom. The van der Waals surface area contributed by atoms with Gasteiger partial charge in [0, 0.05) is 43.8 Å². The summed E-state index contributed by atoms with van der Waals surface area (Å²) in [6.45, 7) is -1.75. The molecule has 8 N–H and O–H groups in total. The Morgan fingerprint density at radius 3 is 2.27 bits per heavy atom. The number of methoxy groups -OCH3 is 1. The Kier molecular flexibility index (Phi) is 20.6. The van der Waals surface area contributed by atoms with Crippen molar-refractivity contribution in [1.29, 1.82) is 0 Å². The minimum atomic E-state index is -5.59. The number of nitrogens with zero attached hydrogens (tertiary/aromatic N) is 3. The molecule has 0 aromatic carbocycles. The maximum atomic E-state index is 14.5. The average molecular weight is 860 g/mol. The number of pyridine rings is 1. The van der Waals surface area contributed by atoms with Crippen molar-refractivity contribution < 1.29 is 155 Å². The number of H-pyrrole nitrogens is 1. The first-order chi connectivity index (χ1) is 25.0. The van der Waals surface area contributed by atoms with Crippen LogP contribution in [0.2, 0.25) is 0 Å². The van der Waals surface area contributed by atoms with E-state index < -0.39 is 95.0 Å². The zero-order valence-electron chi connectivity index (χ0n) is 31.0. The molecule has 0 radical (unpaired) electrons. The molecule has 1 unspecified atom stereocenters. The maximum absolute atomic E-state index is 14.5. The number of hydrogen-bond donors (Lipinski definition) is 6. The van der Waals surface area contributed by atoms with Crippen molar-refractivity contribution in [3.63, 3.8) is 0 Å². The summed E-state index contributed by atoms with van der Waals surface area (Å²) >= 11 is 0. The first kappa shape index (κ1) is 51.6. The Hall–Kier alpha value is -0.540. The largest absolute Gasteiger partial charge is 1.00 e. The molecule has 3 aromatic heterocycles. The van der Waals surface area contributed by atoms with Crippen LogP contribution in [0.5, 0.6) is 0 Å². The van der Waals surface area contributed by atoms with E-state index in [0.29, 0.717) is 6.42 Å². The summed E-state index contributed by atoms with van der Waals surface area (Å²) in [7, 11) is -9.01. The van der Waals surface area contributed by atoms with Crippen molar-refractivity contribution in [2.45, 2.75) is 74.8 Å². The number of nitrogens with one attached hydrogen (secondary N) is 2. The number of aliphatic hydroxyl groups excluding tert-OH is 2. The monoisotopic (exact) mass is 859 g/mol. The van der Waals surface area contributed by atoms with Crippen LogP contribution in [0.25, 0.3) is 11.0 Å². The van der Waals surface area contributed by atoms with Crippen LogP contribution >= 0.6 is 15.6 Å². The normalized spacial score (nSPS) is 25.9. The van der Waals surface area contributed by atoms with Gasteiger partial charge in [-0.05, 0) is 31.4 Å². The number of nitrogens with two attached hydrogens (primary N) is 2. The van der Waals surface area contributed by atoms with Gasteiger partial charge in [-0.15, -0.1) is 0 Å². The molecule has 0 saturated carbocycles. The Balaban J connectivity index is 0.00000361. The molecule has 5 heterocycles. The molecule has 0 amide bonds. The smallest absolute Gasteiger partial charge is 0.790 e. The van der Waals surface area contributed by atoms with Gasteiger partial charge in [0.05, 0.1) is 26.4 Å². The van der Waals surface area contributed by atoms with Gasteiger partial charge in [-0.25, -0.2) is 9.65 Å². The third-order valence-corrected chi connectivity index (χ3v) is 10.5. The molecular weight excluding hydrogens is 821 g/mol. The second kappa shape index (κ2) is 22.3. The van der Waals surface area contributed by atoms with E-state index in [4.69, 9.17) is 34.7 Å². The molecule has 294 valence electrons. The molecule has 2 saturated heterocycles. The van der Waals surface area contributed by atoms with E-state index in [-0.39, 0.29) is 137 Å². The minimum absolute atomic E-state index is 0. The molecule has 28 heteroatoms. The summed E-state index contributed by atoms with van der Waals surface area (Å²) in [6.07, 6.45) is -8.46. The van der Waals surface area contributed by atoms with Crippen molar-refractivity contribution in [3.05, 3.63) is 51.3 Å². The van der Waals surface area contributed by atoms with Crippen LogP contribution in [-0.4, -0.2) is 98.8 Å². The number of fused-ring (bicyclic) bond motifs is 1. The van der Waals surface area contributed by atoms with Gasteiger partial charge in [-0.2, -0.15) is 4.98 Å². The van der Waals surface area contributed by atoms with Crippen molar-refractivity contribution in [1.82, 2.24) is 24.2 Å². The fraction of sp³-hybridized carbons (Fsp3) is 0.571. The number of unbranched alkanes of at least 4 members (excludes halogenated alkanes) is 2. The number of anilines is 2. The Bertz CT molecular complexity index is 1990. The van der Waals surface area contributed by atoms with E-state index in [9.17, 15) is 48.6 Å². The SMILES string of the molecule is CO[C@@H]1[C@H](OP(=O)(NCCCCCC(=O)[O-])OC[C@H]2O[C@@H](n3ccc(N)cc3=O)[C@H](O)[C@@H]2O)[C@@H](COP(=O)([O-])[O-])O[C@H]1n1ccc2c(=O)[nH]c(N)nc21.[Na+].[Na+].[Na+]. The van der Waals surface area contributed by atoms with Gasteiger partial charge in [0.25, 0.3) is 11.1 Å². The number of aliphatic carboxylic acids is 1. The number of carbonyl (C=O) groups is 1. The number of carboxylic acids is 1. The van der Waals surface area contributed by atoms with Crippen LogP contribution in [0.15, 0.2) is 40.2 Å². The van der Waals surface area contributed by atoms with Gasteiger partial charge in [-0.1, -0.05) is 6.42 Å². The first-order valence-corrected chi connectivity index (χ1v) is 19.1. The number of rotatable bonds is 18. The fourth-order valence-corrected chi connectivity index (χ4v) is 7.83. The standard InChI is InChI=1S/C28H41N7O16P2.3Na/c1-46-23-22(17(13-48-53(43,44)45)50-27(23)35-10-7-15-24(35)32-28(30)33-25(15)41)51-52(42,31-8-4-2-3-5-19(37)38)47-12-16-20(39)21(40)26(49-16)34-9-6-14(29)11-18(34)36;;;/h6-7,9-11,16-17,20-23,26-27,39-40H,2-5,8,12-13,29H2,1H3,(H,31,42)(H,37,38)(H2,43,44,45)(H3,30,32,33,41);;;/q;3*+1/p-3/t16-,17-,20-,21-,22-,23-,26-,27-,52?;;;/m1.../s1. The molecule has 0 spiro atoms. The summed E-state index contributed by atoms with van der Waals surface area (Å²) in [5.74, 6) is -1.49. The predicted molar refractivity (Wildman–Crippen MR) is 174 cm³/mol. The number of phosphoric acid groups is 1. The summed E-state index contributed by atoms with van der Waals surface area (Å²) in [4.78, 5) is 65.2. The van der Waals surface area contributed by atoms with Crippen LogP contribution in [0.3, 0.4) is 0 Å². The van der Waals surface area contributed by atoms with E-state index in [1.165, 1.54) is 36.2 Å². The van der Waals surface area contributed by atoms with Gasteiger partial charge >= 0.3 is 96.4 Å². The van der Waals surface area contributed by atoms with Gasteiger partial charge in [0.1, 0.15) is 36.6 Å². The third kappa shape index (κ3) is 13.0. The van der Waals surface area contributed by atoms with Crippen molar-refractivity contribution in [2.75, 3.05) is 38.3 Å². The number of carboxylic acid groups (broad SMARTS) is 1. The van der Waals surface area contributed by atoms with Crippen molar-refractivity contribution in [2.24, 2.45) is 0 Å². The van der Waals surface area contributed by atoms with Gasteiger partial charge in [-0.3, -0.25) is 28.2 Å². The number of ether oxygens (including phenoxy) is 3. The van der Waals surface area contributed by atoms with Crippen LogP contribution in [0.4, 0.5) is 11.6 Å². The molecular formula is C28H38N7Na3O16P2. The molecule has 3 aromatic rings. The van der Waals surface area contributed by atoms with E-state index in [1.54, 1.807) is 0 Å². The summed E-state index contributed by atoms with van der Waals surface area (Å²) in [5.41, 5.74) is 10.3. The number of aliphatic hydroxyl groups is 2. The van der Waals surface area contributed by atoms with E-state index in [0.717, 1.165) is 10.6 Å². The molecule has 5 rings (SSSR count). The van der Waals surface area contributed by atoms with Crippen LogP contribution in [0.1, 0.15) is 38.1 Å². The molecule has 0 aliphatic carbocycles. The van der Waals surface area contributed by atoms with Gasteiger partial charge < -0.3 is 69.2 Å². The number of nitrogen functional groups attached to an aromatic ring is 2. The second-order valence-electron chi connectivity index (χ2n) is 12.1. The Morgan fingerprint density at radius 1 is 0.964 bits per heavy atom. The number of hydrogen-bond acceptors (Lipinski definition) is 19. The number of aromatic amines is 1. The molecule has 23 nitrogen and oxygen atoms in total. The molecule has 2 aliphatic heterocycles. The molecule has 2 fully saturated rings. The second-order valence-corrected chi connectivity index (χ2v) is 15.1. The van der Waals surface area contributed by atoms with Gasteiger partial charge in [0.2, 0.25) is 5.95 Å². The zero-order chi connectivity index (χ0) is 38.7. The third-order valence-electron chi connectivity index (χ3n) is 8.44. The molecule has 2 aliphatic rings. The molecule has 56 heavy (non-hydrogen) atoms. The zero-order valence-corrected chi connectivity index (χ0v) is 38.7. The maximum Gasteiger partial charge on any atom is 1.00 e. The Labute approximate surface area is 384 Å². The summed E-state index contributed by atoms with van der Waals surface area (Å²) in [5, 5.41) is 35.0. The van der Waals surface area contributed by atoms with Crippen LogP contribution in [-0.2, 0) is 41.7 Å². The number of aromatic nitrogens is 4. The number of phosphoric ester groups is 1. The van der Waals surface area contributed by atoms with E-state index >= 15 is 0 Å². The number of carbonyl (C=O) groups excluding carboxylic acids is 1. The average Bonchev–Trinajstić information content (AvgIpc) is 3.73. The first-order valence-electron chi connectivity index (χ1n) is 16.1. The van der Waals surface area contributed by atoms with E-state index in [1.807, 2.05) is 0 Å².